The van der Waals surface area contributed by atoms with Gasteiger partial charge in [-0.1, -0.05) is 19.3 Å². The van der Waals surface area contributed by atoms with E-state index in [2.05, 4.69) is 5.27 Å². The minimum atomic E-state index is -0.493. The maximum absolute atomic E-state index is 13.1. The van der Waals surface area contributed by atoms with E-state index >= 15 is 0 Å². The van der Waals surface area contributed by atoms with Crippen molar-refractivity contribution in [2.24, 2.45) is 5.92 Å². The molecule has 0 aliphatic heterocycles. The summed E-state index contributed by atoms with van der Waals surface area (Å²) in [4.78, 5) is 15.0. The number of carbonyl (C=O) groups excluding carboxylic acids is 1. The van der Waals surface area contributed by atoms with E-state index in [0.717, 1.165) is 44.3 Å². The van der Waals surface area contributed by atoms with Gasteiger partial charge in [-0.2, -0.15) is 0 Å². The second kappa shape index (κ2) is 7.58. The molecule has 2 fully saturated rings. The average Bonchev–Trinajstić information content (AvgIpc) is 3.50. The van der Waals surface area contributed by atoms with Crippen LogP contribution in [0.2, 0.25) is 0 Å². The van der Waals surface area contributed by atoms with E-state index in [1.807, 2.05) is 17.0 Å². The van der Waals surface area contributed by atoms with Gasteiger partial charge in [0.25, 0.3) is 5.69 Å². The van der Waals surface area contributed by atoms with Crippen molar-refractivity contribution in [1.29, 1.82) is 0 Å². The zero-order valence-electron chi connectivity index (χ0n) is 15.6. The highest BCUT2D eigenvalue weighted by molar-refractivity contribution is 5.79. The van der Waals surface area contributed by atoms with E-state index in [4.69, 9.17) is 9.26 Å². The minimum absolute atomic E-state index is 0.0868. The Hall–Kier alpha value is -2.57. The molecule has 1 aromatic heterocycles. The second-order valence-electron chi connectivity index (χ2n) is 7.45. The van der Waals surface area contributed by atoms with Gasteiger partial charge in [-0.25, -0.2) is 0 Å². The zero-order valence-corrected chi connectivity index (χ0v) is 15.6. The van der Waals surface area contributed by atoms with Crippen molar-refractivity contribution in [2.75, 3.05) is 7.11 Å². The maximum Gasteiger partial charge on any atom is 0.259 e. The molecule has 144 valence electrons. The molecule has 4 rings (SSSR count). The molecule has 27 heavy (non-hydrogen) atoms. The van der Waals surface area contributed by atoms with Crippen LogP contribution in [0, 0.1) is 5.92 Å². The summed E-state index contributed by atoms with van der Waals surface area (Å²) in [5.41, 5.74) is 1.09. The topological polar surface area (TPSA) is 82.5 Å². The minimum Gasteiger partial charge on any atom is -0.539 e. The van der Waals surface area contributed by atoms with Gasteiger partial charge in [0.1, 0.15) is 12.3 Å². The van der Waals surface area contributed by atoms with Gasteiger partial charge < -0.3 is 19.3 Å². The van der Waals surface area contributed by atoms with Crippen LogP contribution in [0.15, 0.2) is 28.8 Å². The SMILES string of the molecule is COc1ccc(-[n+]2noc([O-])c2CN(C(=O)C2CCCCC2)C2CC2)cc1. The number of carbonyl (C=O) groups is 1. The highest BCUT2D eigenvalue weighted by atomic mass is 16.6. The summed E-state index contributed by atoms with van der Waals surface area (Å²) < 4.78 is 11.6. The molecule has 0 unspecified atom stereocenters. The number of ether oxygens (including phenoxy) is 1. The van der Waals surface area contributed by atoms with Crippen LogP contribution in [0.3, 0.4) is 0 Å². The van der Waals surface area contributed by atoms with E-state index in [-0.39, 0.29) is 24.4 Å². The summed E-state index contributed by atoms with van der Waals surface area (Å²) in [5.74, 6) is 0.495. The fraction of sp³-hybridized carbons (Fsp3) is 0.550. The number of hydrogen-bond acceptors (Lipinski definition) is 5. The van der Waals surface area contributed by atoms with Gasteiger partial charge in [0, 0.05) is 24.1 Å². The quantitative estimate of drug-likeness (QED) is 0.726. The molecule has 1 heterocycles. The van der Waals surface area contributed by atoms with Crippen LogP contribution in [-0.4, -0.2) is 29.2 Å². The van der Waals surface area contributed by atoms with Crippen molar-refractivity contribution < 1.29 is 23.8 Å². The molecule has 1 amide bonds. The van der Waals surface area contributed by atoms with Crippen LogP contribution in [0.1, 0.15) is 50.6 Å². The summed E-state index contributed by atoms with van der Waals surface area (Å²) in [6.07, 6.45) is 7.34. The number of methoxy groups -OCH3 is 1. The van der Waals surface area contributed by atoms with Crippen LogP contribution < -0.4 is 14.5 Å². The Labute approximate surface area is 158 Å². The van der Waals surface area contributed by atoms with E-state index in [0.29, 0.717) is 11.4 Å². The van der Waals surface area contributed by atoms with Crippen molar-refractivity contribution in [3.63, 3.8) is 0 Å². The molecular formula is C20H25N3O4. The molecule has 0 atom stereocenters. The molecule has 2 aliphatic carbocycles. The lowest BCUT2D eigenvalue weighted by Crippen LogP contribution is -2.44. The predicted octanol–water partition coefficient (Wildman–Crippen LogP) is 2.10. The number of rotatable bonds is 6. The van der Waals surface area contributed by atoms with E-state index < -0.39 is 5.95 Å². The first-order valence-electron chi connectivity index (χ1n) is 9.70. The molecular weight excluding hydrogens is 346 g/mol. The number of aromatic nitrogens is 2. The summed E-state index contributed by atoms with van der Waals surface area (Å²) in [5, 5.41) is 16.2. The average molecular weight is 371 g/mol. The molecule has 2 aromatic rings. The highest BCUT2D eigenvalue weighted by Crippen LogP contribution is 2.33. The van der Waals surface area contributed by atoms with E-state index in [9.17, 15) is 9.90 Å². The van der Waals surface area contributed by atoms with Crippen LogP contribution in [0.25, 0.3) is 5.69 Å². The third kappa shape index (κ3) is 3.77. The van der Waals surface area contributed by atoms with Gasteiger partial charge in [0.15, 0.2) is 5.95 Å². The van der Waals surface area contributed by atoms with Crippen LogP contribution >= 0.6 is 0 Å². The highest BCUT2D eigenvalue weighted by Gasteiger charge is 2.38. The van der Waals surface area contributed by atoms with Gasteiger partial charge >= 0.3 is 0 Å². The maximum atomic E-state index is 13.1. The number of amides is 1. The van der Waals surface area contributed by atoms with E-state index in [1.165, 1.54) is 11.1 Å². The van der Waals surface area contributed by atoms with Crippen molar-refractivity contribution >= 4 is 5.91 Å². The Bertz CT molecular complexity index is 792. The summed E-state index contributed by atoms with van der Waals surface area (Å²) in [6, 6.07) is 7.47. The van der Waals surface area contributed by atoms with Gasteiger partial charge in [-0.05, 0) is 42.5 Å². The first kappa shape index (κ1) is 17.8. The van der Waals surface area contributed by atoms with Gasteiger partial charge in [0.05, 0.1) is 12.4 Å². The molecule has 0 N–H and O–H groups in total. The first-order valence-corrected chi connectivity index (χ1v) is 9.70. The summed E-state index contributed by atoms with van der Waals surface area (Å²) >= 11 is 0. The molecule has 0 bridgehead atoms. The molecule has 2 saturated carbocycles. The van der Waals surface area contributed by atoms with Crippen molar-refractivity contribution in [1.82, 2.24) is 10.2 Å². The fourth-order valence-corrected chi connectivity index (χ4v) is 3.84. The number of hydrogen-bond donors (Lipinski definition) is 0. The van der Waals surface area contributed by atoms with Crippen LogP contribution in [0.5, 0.6) is 11.7 Å². The van der Waals surface area contributed by atoms with Gasteiger partial charge in [-0.15, -0.1) is 0 Å². The smallest absolute Gasteiger partial charge is 0.259 e. The molecule has 2 aliphatic rings. The standard InChI is InChI=1S/C20H25N3O4/c1-26-17-11-9-16(10-12-17)23-18(20(25)27-21-23)13-22(15-7-8-15)19(24)14-5-3-2-4-6-14/h9-12,14-15H,2-8,13H2,1H3. The normalized spacial score (nSPS) is 17.7. The third-order valence-corrected chi connectivity index (χ3v) is 5.56. The summed E-state index contributed by atoms with van der Waals surface area (Å²) in [6.45, 7) is 0.244. The first-order chi connectivity index (χ1) is 13.2. The Morgan fingerprint density at radius 1 is 1.22 bits per heavy atom. The van der Waals surface area contributed by atoms with Crippen LogP contribution in [-0.2, 0) is 11.3 Å². The molecule has 0 saturated heterocycles. The molecule has 7 heteroatoms. The lowest BCUT2D eigenvalue weighted by atomic mass is 9.88. The Morgan fingerprint density at radius 2 is 1.93 bits per heavy atom. The van der Waals surface area contributed by atoms with Gasteiger partial charge in [-0.3, -0.25) is 4.79 Å². The molecule has 0 spiro atoms. The Kier molecular flexibility index (Phi) is 5.01. The Balaban J connectivity index is 1.58. The van der Waals surface area contributed by atoms with Crippen molar-refractivity contribution in [2.45, 2.75) is 57.5 Å². The predicted molar refractivity (Wildman–Crippen MR) is 94.2 cm³/mol. The Morgan fingerprint density at radius 3 is 2.56 bits per heavy atom. The van der Waals surface area contributed by atoms with Gasteiger partial charge in [0.2, 0.25) is 11.6 Å². The van der Waals surface area contributed by atoms with Crippen molar-refractivity contribution in [3.05, 3.63) is 30.0 Å². The second-order valence-corrected chi connectivity index (χ2v) is 7.45. The number of nitrogens with zero attached hydrogens (tertiary/aromatic N) is 3. The number of benzene rings is 1. The molecule has 7 nitrogen and oxygen atoms in total. The molecule has 1 aromatic carbocycles. The fourth-order valence-electron chi connectivity index (χ4n) is 3.84. The van der Waals surface area contributed by atoms with E-state index in [1.54, 1.807) is 19.2 Å². The lowest BCUT2D eigenvalue weighted by Gasteiger charge is -2.28. The zero-order chi connectivity index (χ0) is 18.8. The summed E-state index contributed by atoms with van der Waals surface area (Å²) in [7, 11) is 1.60. The monoisotopic (exact) mass is 371 g/mol. The lowest BCUT2D eigenvalue weighted by molar-refractivity contribution is -0.678. The largest absolute Gasteiger partial charge is 0.539 e. The van der Waals surface area contributed by atoms with Crippen LogP contribution in [0.4, 0.5) is 0 Å². The third-order valence-electron chi connectivity index (χ3n) is 5.56. The molecule has 0 radical (unpaired) electrons. The van der Waals surface area contributed by atoms with Crippen molar-refractivity contribution in [3.8, 4) is 17.4 Å².